The van der Waals surface area contributed by atoms with Crippen LogP contribution in [-0.2, 0) is 4.74 Å². The van der Waals surface area contributed by atoms with Gasteiger partial charge in [0, 0.05) is 18.1 Å². The molecule has 90 valence electrons. The second kappa shape index (κ2) is 5.62. The van der Waals surface area contributed by atoms with Gasteiger partial charge in [0.05, 0.1) is 14.3 Å². The molecule has 0 aliphatic rings. The number of halogens is 2. The molecule has 0 fully saturated rings. The van der Waals surface area contributed by atoms with Crippen molar-refractivity contribution in [2.75, 3.05) is 13.7 Å². The van der Waals surface area contributed by atoms with E-state index in [0.717, 1.165) is 8.26 Å². The maximum atomic E-state index is 11.8. The average molecular weight is 371 g/mol. The monoisotopic (exact) mass is 369 g/mol. The van der Waals surface area contributed by atoms with E-state index < -0.39 is 0 Å². The Bertz CT molecular complexity index is 371. The first-order valence-corrected chi connectivity index (χ1v) is 7.04. The summed E-state index contributed by atoms with van der Waals surface area (Å²) < 4.78 is 7.04. The molecule has 0 saturated carbocycles. The van der Waals surface area contributed by atoms with Gasteiger partial charge in [-0.3, -0.25) is 4.79 Å². The van der Waals surface area contributed by atoms with Crippen molar-refractivity contribution in [1.82, 2.24) is 5.32 Å². The second-order valence-corrected chi connectivity index (χ2v) is 7.10. The van der Waals surface area contributed by atoms with E-state index in [1.807, 2.05) is 13.8 Å². The van der Waals surface area contributed by atoms with Gasteiger partial charge in [-0.15, -0.1) is 11.3 Å². The van der Waals surface area contributed by atoms with E-state index >= 15 is 0 Å². The number of methoxy groups -OCH3 is 1. The van der Waals surface area contributed by atoms with Crippen molar-refractivity contribution in [1.29, 1.82) is 0 Å². The summed E-state index contributed by atoms with van der Waals surface area (Å²) in [6.45, 7) is 4.33. The number of rotatable bonds is 4. The van der Waals surface area contributed by atoms with Gasteiger partial charge in [0.2, 0.25) is 0 Å². The van der Waals surface area contributed by atoms with Gasteiger partial charge < -0.3 is 10.1 Å². The molecule has 1 N–H and O–H groups in total. The molecule has 0 radical (unpaired) electrons. The minimum atomic E-state index is -0.346. The number of amides is 1. The first-order valence-electron chi connectivity index (χ1n) is 4.64. The topological polar surface area (TPSA) is 38.3 Å². The normalized spacial score (nSPS) is 11.6. The Hall–Kier alpha value is 0.0900. The van der Waals surface area contributed by atoms with E-state index in [1.165, 1.54) is 11.3 Å². The molecular weight excluding hydrogens is 358 g/mol. The lowest BCUT2D eigenvalue weighted by Crippen LogP contribution is -2.39. The molecule has 0 spiro atoms. The first kappa shape index (κ1) is 14.2. The number of hydrogen-bond acceptors (Lipinski definition) is 3. The van der Waals surface area contributed by atoms with Crippen LogP contribution in [0.3, 0.4) is 0 Å². The standard InChI is InChI=1S/C10H13Br2NO2S/c1-10(2,15-3)5-13-9(14)7-4-6(11)8(12)16-7/h4H,5H2,1-3H3,(H,13,14). The SMILES string of the molecule is COC(C)(C)CNC(=O)c1cc(Br)c(Br)s1. The number of carbonyl (C=O) groups is 1. The molecule has 0 saturated heterocycles. The first-order chi connectivity index (χ1) is 7.35. The molecule has 1 aromatic rings. The molecule has 6 heteroatoms. The fraction of sp³-hybridized carbons (Fsp3) is 0.500. The van der Waals surface area contributed by atoms with E-state index in [4.69, 9.17) is 4.74 Å². The van der Waals surface area contributed by atoms with Crippen LogP contribution in [0.5, 0.6) is 0 Å². The number of nitrogens with one attached hydrogen (secondary N) is 1. The van der Waals surface area contributed by atoms with Gasteiger partial charge in [-0.1, -0.05) is 0 Å². The van der Waals surface area contributed by atoms with Gasteiger partial charge in [-0.05, 0) is 51.8 Å². The van der Waals surface area contributed by atoms with Crippen molar-refractivity contribution in [3.05, 3.63) is 19.2 Å². The van der Waals surface area contributed by atoms with Crippen molar-refractivity contribution in [2.24, 2.45) is 0 Å². The van der Waals surface area contributed by atoms with Crippen LogP contribution in [0.4, 0.5) is 0 Å². The number of thiophene rings is 1. The summed E-state index contributed by atoms with van der Waals surface area (Å²) in [6.07, 6.45) is 0. The van der Waals surface area contributed by atoms with Gasteiger partial charge in [0.1, 0.15) is 0 Å². The third kappa shape index (κ3) is 3.84. The highest BCUT2D eigenvalue weighted by Crippen LogP contribution is 2.32. The van der Waals surface area contributed by atoms with Gasteiger partial charge >= 0.3 is 0 Å². The molecular formula is C10H13Br2NO2S. The third-order valence-electron chi connectivity index (χ3n) is 2.10. The Kier molecular flexibility index (Phi) is 4.97. The summed E-state index contributed by atoms with van der Waals surface area (Å²) in [5, 5.41) is 2.84. The van der Waals surface area contributed by atoms with Crippen molar-refractivity contribution in [3.8, 4) is 0 Å². The zero-order valence-corrected chi connectivity index (χ0v) is 13.3. The summed E-state index contributed by atoms with van der Waals surface area (Å²) in [5.74, 6) is -0.0819. The van der Waals surface area contributed by atoms with Crippen molar-refractivity contribution in [3.63, 3.8) is 0 Å². The highest BCUT2D eigenvalue weighted by atomic mass is 79.9. The van der Waals surface area contributed by atoms with Crippen molar-refractivity contribution < 1.29 is 9.53 Å². The molecule has 0 aromatic carbocycles. The minimum absolute atomic E-state index is 0.0819. The largest absolute Gasteiger partial charge is 0.377 e. The molecule has 0 unspecified atom stereocenters. The number of carbonyl (C=O) groups excluding carboxylic acids is 1. The van der Waals surface area contributed by atoms with Crippen LogP contribution in [0.1, 0.15) is 23.5 Å². The Morgan fingerprint density at radius 3 is 2.62 bits per heavy atom. The van der Waals surface area contributed by atoms with Crippen LogP contribution >= 0.6 is 43.2 Å². The predicted octanol–water partition coefficient (Wildman–Crippen LogP) is 3.43. The van der Waals surface area contributed by atoms with E-state index in [2.05, 4.69) is 37.2 Å². The Morgan fingerprint density at radius 1 is 1.56 bits per heavy atom. The molecule has 16 heavy (non-hydrogen) atoms. The molecule has 3 nitrogen and oxygen atoms in total. The Balaban J connectivity index is 2.60. The van der Waals surface area contributed by atoms with E-state index in [0.29, 0.717) is 11.4 Å². The molecule has 1 heterocycles. The van der Waals surface area contributed by atoms with Crippen LogP contribution in [-0.4, -0.2) is 25.2 Å². The second-order valence-electron chi connectivity index (χ2n) is 3.88. The van der Waals surface area contributed by atoms with Crippen LogP contribution < -0.4 is 5.32 Å². The molecule has 1 aromatic heterocycles. The van der Waals surface area contributed by atoms with Gasteiger partial charge in [0.25, 0.3) is 5.91 Å². The van der Waals surface area contributed by atoms with E-state index in [-0.39, 0.29) is 11.5 Å². The Labute approximate surface area is 116 Å². The van der Waals surface area contributed by atoms with E-state index in [9.17, 15) is 4.79 Å². The van der Waals surface area contributed by atoms with Crippen molar-refractivity contribution in [2.45, 2.75) is 19.4 Å². The van der Waals surface area contributed by atoms with Gasteiger partial charge in [-0.2, -0.15) is 0 Å². The maximum Gasteiger partial charge on any atom is 0.261 e. The van der Waals surface area contributed by atoms with Gasteiger partial charge in [0.15, 0.2) is 0 Å². The number of hydrogen-bond donors (Lipinski definition) is 1. The quantitative estimate of drug-likeness (QED) is 0.881. The number of ether oxygens (including phenoxy) is 1. The fourth-order valence-electron chi connectivity index (χ4n) is 0.911. The summed E-state index contributed by atoms with van der Waals surface area (Å²) >= 11 is 8.10. The van der Waals surface area contributed by atoms with Gasteiger partial charge in [-0.25, -0.2) is 0 Å². The lowest BCUT2D eigenvalue weighted by Gasteiger charge is -2.22. The molecule has 0 atom stereocenters. The molecule has 0 aliphatic carbocycles. The van der Waals surface area contributed by atoms with Crippen molar-refractivity contribution >= 4 is 49.1 Å². The molecule has 0 aliphatic heterocycles. The zero-order chi connectivity index (χ0) is 12.3. The zero-order valence-electron chi connectivity index (χ0n) is 9.27. The minimum Gasteiger partial charge on any atom is -0.377 e. The van der Waals surface area contributed by atoms with Crippen LogP contribution in [0, 0.1) is 0 Å². The summed E-state index contributed by atoms with van der Waals surface area (Å²) in [4.78, 5) is 12.4. The van der Waals surface area contributed by atoms with Crippen LogP contribution in [0.2, 0.25) is 0 Å². The fourth-order valence-corrected chi connectivity index (χ4v) is 2.86. The highest BCUT2D eigenvalue weighted by molar-refractivity contribution is 9.13. The average Bonchev–Trinajstić information content (AvgIpc) is 2.56. The summed E-state index contributed by atoms with van der Waals surface area (Å²) in [6, 6.07) is 1.80. The summed E-state index contributed by atoms with van der Waals surface area (Å²) in [5.41, 5.74) is -0.346. The smallest absolute Gasteiger partial charge is 0.261 e. The van der Waals surface area contributed by atoms with Crippen LogP contribution in [0.25, 0.3) is 0 Å². The predicted molar refractivity (Wildman–Crippen MR) is 73.1 cm³/mol. The van der Waals surface area contributed by atoms with Crippen LogP contribution in [0.15, 0.2) is 14.3 Å². The lowest BCUT2D eigenvalue weighted by molar-refractivity contribution is 0.0229. The Morgan fingerprint density at radius 2 is 2.19 bits per heavy atom. The molecule has 0 bridgehead atoms. The molecule has 1 amide bonds. The maximum absolute atomic E-state index is 11.8. The highest BCUT2D eigenvalue weighted by Gasteiger charge is 2.19. The summed E-state index contributed by atoms with van der Waals surface area (Å²) in [7, 11) is 1.63. The third-order valence-corrected chi connectivity index (χ3v) is 5.35. The lowest BCUT2D eigenvalue weighted by atomic mass is 10.1. The molecule has 1 rings (SSSR count). The van der Waals surface area contributed by atoms with E-state index in [1.54, 1.807) is 13.2 Å².